The van der Waals surface area contributed by atoms with Gasteiger partial charge in [-0.25, -0.2) is 0 Å². The number of benzene rings is 2. The summed E-state index contributed by atoms with van der Waals surface area (Å²) in [7, 11) is 0. The molecule has 17 heavy (non-hydrogen) atoms. The van der Waals surface area contributed by atoms with Crippen molar-refractivity contribution in [2.45, 2.75) is 27.3 Å². The van der Waals surface area contributed by atoms with Gasteiger partial charge in [0.05, 0.1) is 0 Å². The summed E-state index contributed by atoms with van der Waals surface area (Å²) in [5.74, 6) is 0. The average Bonchev–Trinajstić information content (AvgIpc) is 2.33. The average molecular weight is 225 g/mol. The number of hydrogen-bond acceptors (Lipinski definition) is 1. The van der Waals surface area contributed by atoms with Gasteiger partial charge in [-0.3, -0.25) is 0 Å². The fourth-order valence-electron chi connectivity index (χ4n) is 1.97. The van der Waals surface area contributed by atoms with Gasteiger partial charge in [0.15, 0.2) is 0 Å². The van der Waals surface area contributed by atoms with Gasteiger partial charge in [-0.1, -0.05) is 36.4 Å². The van der Waals surface area contributed by atoms with E-state index in [1.807, 2.05) is 0 Å². The molecule has 0 saturated carbocycles. The monoisotopic (exact) mass is 225 g/mol. The standard InChI is InChI=1S/C16H19N/c1-12-8-6-9-15(14(12)3)11-17-16-10-5-4-7-13(16)2/h4-10,17H,11H2,1-3H3. The van der Waals surface area contributed by atoms with Gasteiger partial charge in [0.25, 0.3) is 0 Å². The Hall–Kier alpha value is -1.76. The lowest BCUT2D eigenvalue weighted by Gasteiger charge is -2.12. The molecule has 0 spiro atoms. The zero-order chi connectivity index (χ0) is 12.3. The summed E-state index contributed by atoms with van der Waals surface area (Å²) in [6.45, 7) is 7.36. The van der Waals surface area contributed by atoms with Crippen LogP contribution in [0.2, 0.25) is 0 Å². The van der Waals surface area contributed by atoms with Crippen molar-refractivity contribution in [3.8, 4) is 0 Å². The molecule has 2 aromatic rings. The van der Waals surface area contributed by atoms with Crippen LogP contribution in [0, 0.1) is 20.8 Å². The van der Waals surface area contributed by atoms with Crippen molar-refractivity contribution in [3.63, 3.8) is 0 Å². The van der Waals surface area contributed by atoms with Crippen LogP contribution in [0.3, 0.4) is 0 Å². The SMILES string of the molecule is Cc1ccccc1NCc1cccc(C)c1C. The summed E-state index contributed by atoms with van der Waals surface area (Å²) in [6, 6.07) is 14.9. The molecule has 0 amide bonds. The van der Waals surface area contributed by atoms with E-state index in [4.69, 9.17) is 0 Å². The van der Waals surface area contributed by atoms with Crippen LogP contribution in [0.15, 0.2) is 42.5 Å². The quantitative estimate of drug-likeness (QED) is 0.824. The van der Waals surface area contributed by atoms with E-state index >= 15 is 0 Å². The molecule has 1 N–H and O–H groups in total. The molecule has 0 bridgehead atoms. The first-order chi connectivity index (χ1) is 8.18. The molecule has 0 atom stereocenters. The Kier molecular flexibility index (Phi) is 3.48. The highest BCUT2D eigenvalue weighted by Gasteiger charge is 2.01. The van der Waals surface area contributed by atoms with Gasteiger partial charge < -0.3 is 5.32 Å². The molecule has 0 heterocycles. The van der Waals surface area contributed by atoms with Gasteiger partial charge >= 0.3 is 0 Å². The molecular weight excluding hydrogens is 206 g/mol. The van der Waals surface area contributed by atoms with Crippen molar-refractivity contribution in [2.24, 2.45) is 0 Å². The highest BCUT2D eigenvalue weighted by molar-refractivity contribution is 5.51. The van der Waals surface area contributed by atoms with Crippen LogP contribution < -0.4 is 5.32 Å². The third-order valence-electron chi connectivity index (χ3n) is 3.33. The van der Waals surface area contributed by atoms with Crippen LogP contribution in [-0.4, -0.2) is 0 Å². The van der Waals surface area contributed by atoms with Crippen LogP contribution in [0.4, 0.5) is 5.69 Å². The van der Waals surface area contributed by atoms with Crippen molar-refractivity contribution in [1.29, 1.82) is 0 Å². The number of para-hydroxylation sites is 1. The van der Waals surface area contributed by atoms with Gasteiger partial charge in [0, 0.05) is 12.2 Å². The van der Waals surface area contributed by atoms with Crippen LogP contribution in [0.25, 0.3) is 0 Å². The normalized spacial score (nSPS) is 10.3. The first kappa shape index (κ1) is 11.7. The highest BCUT2D eigenvalue weighted by Crippen LogP contribution is 2.17. The molecule has 2 rings (SSSR count). The largest absolute Gasteiger partial charge is 0.381 e. The molecule has 0 unspecified atom stereocenters. The predicted octanol–water partition coefficient (Wildman–Crippen LogP) is 4.22. The van der Waals surface area contributed by atoms with Crippen molar-refractivity contribution >= 4 is 5.69 Å². The number of anilines is 1. The molecule has 1 heteroatoms. The third-order valence-corrected chi connectivity index (χ3v) is 3.33. The van der Waals surface area contributed by atoms with Gasteiger partial charge in [-0.15, -0.1) is 0 Å². The Labute approximate surface area is 103 Å². The van der Waals surface area contributed by atoms with Crippen molar-refractivity contribution in [2.75, 3.05) is 5.32 Å². The maximum absolute atomic E-state index is 3.50. The second-order valence-electron chi connectivity index (χ2n) is 4.53. The Balaban J connectivity index is 2.13. The van der Waals surface area contributed by atoms with Crippen LogP contribution in [0.1, 0.15) is 22.3 Å². The van der Waals surface area contributed by atoms with E-state index in [9.17, 15) is 0 Å². The second-order valence-corrected chi connectivity index (χ2v) is 4.53. The van der Waals surface area contributed by atoms with Crippen LogP contribution >= 0.6 is 0 Å². The molecule has 88 valence electrons. The first-order valence-corrected chi connectivity index (χ1v) is 6.03. The summed E-state index contributed by atoms with van der Waals surface area (Å²) in [6.07, 6.45) is 0. The zero-order valence-corrected chi connectivity index (χ0v) is 10.7. The molecule has 0 fully saturated rings. The summed E-state index contributed by atoms with van der Waals surface area (Å²) in [5.41, 5.74) is 6.61. The van der Waals surface area contributed by atoms with E-state index in [0.29, 0.717) is 0 Å². The van der Waals surface area contributed by atoms with E-state index in [2.05, 4.69) is 68.6 Å². The summed E-state index contributed by atoms with van der Waals surface area (Å²) in [5, 5.41) is 3.50. The molecule has 0 saturated heterocycles. The lowest BCUT2D eigenvalue weighted by atomic mass is 10.0. The summed E-state index contributed by atoms with van der Waals surface area (Å²) >= 11 is 0. The van der Waals surface area contributed by atoms with Crippen molar-refractivity contribution in [1.82, 2.24) is 0 Å². The fourth-order valence-corrected chi connectivity index (χ4v) is 1.97. The minimum Gasteiger partial charge on any atom is -0.381 e. The van der Waals surface area contributed by atoms with E-state index in [1.54, 1.807) is 0 Å². The number of nitrogens with one attached hydrogen (secondary N) is 1. The number of hydrogen-bond donors (Lipinski definition) is 1. The minimum atomic E-state index is 0.887. The first-order valence-electron chi connectivity index (χ1n) is 6.03. The number of rotatable bonds is 3. The zero-order valence-electron chi connectivity index (χ0n) is 10.7. The summed E-state index contributed by atoms with van der Waals surface area (Å²) in [4.78, 5) is 0. The Morgan fingerprint density at radius 2 is 1.53 bits per heavy atom. The minimum absolute atomic E-state index is 0.887. The van der Waals surface area contributed by atoms with Gasteiger partial charge in [0.1, 0.15) is 0 Å². The third kappa shape index (κ3) is 2.68. The van der Waals surface area contributed by atoms with Crippen molar-refractivity contribution < 1.29 is 0 Å². The lowest BCUT2D eigenvalue weighted by Crippen LogP contribution is -2.03. The van der Waals surface area contributed by atoms with Crippen LogP contribution in [-0.2, 0) is 6.54 Å². The topological polar surface area (TPSA) is 12.0 Å². The van der Waals surface area contributed by atoms with Crippen molar-refractivity contribution in [3.05, 3.63) is 64.7 Å². The number of aryl methyl sites for hydroxylation is 2. The highest BCUT2D eigenvalue weighted by atomic mass is 14.9. The van der Waals surface area contributed by atoms with E-state index < -0.39 is 0 Å². The van der Waals surface area contributed by atoms with E-state index in [0.717, 1.165) is 6.54 Å². The molecule has 2 aromatic carbocycles. The van der Waals surface area contributed by atoms with E-state index in [1.165, 1.54) is 27.9 Å². The maximum atomic E-state index is 3.50. The van der Waals surface area contributed by atoms with Gasteiger partial charge in [0.2, 0.25) is 0 Å². The molecule has 1 nitrogen and oxygen atoms in total. The van der Waals surface area contributed by atoms with Gasteiger partial charge in [-0.2, -0.15) is 0 Å². The molecule has 0 aliphatic carbocycles. The molecule has 0 aliphatic rings. The molecule has 0 radical (unpaired) electrons. The summed E-state index contributed by atoms with van der Waals surface area (Å²) < 4.78 is 0. The fraction of sp³-hybridized carbons (Fsp3) is 0.250. The Morgan fingerprint density at radius 3 is 2.29 bits per heavy atom. The molecular formula is C16H19N. The predicted molar refractivity (Wildman–Crippen MR) is 74.4 cm³/mol. The maximum Gasteiger partial charge on any atom is 0.0403 e. The van der Waals surface area contributed by atoms with Gasteiger partial charge in [-0.05, 0) is 49.1 Å². The second kappa shape index (κ2) is 5.05. The Bertz CT molecular complexity index is 515. The smallest absolute Gasteiger partial charge is 0.0403 e. The molecule has 0 aliphatic heterocycles. The molecule has 0 aromatic heterocycles. The Morgan fingerprint density at radius 1 is 0.824 bits per heavy atom. The van der Waals surface area contributed by atoms with Crippen LogP contribution in [0.5, 0.6) is 0 Å². The van der Waals surface area contributed by atoms with E-state index in [-0.39, 0.29) is 0 Å². The lowest BCUT2D eigenvalue weighted by molar-refractivity contribution is 1.10.